The number of hydrogen-bond donors (Lipinski definition) is 1. The van der Waals surface area contributed by atoms with Crippen LogP contribution in [0.4, 0.5) is 0 Å². The van der Waals surface area contributed by atoms with Crippen LogP contribution in [0.1, 0.15) is 23.2 Å². The van der Waals surface area contributed by atoms with Crippen LogP contribution in [0.25, 0.3) is 11.4 Å². The molecule has 2 N–H and O–H groups in total. The monoisotopic (exact) mass is 285 g/mol. The summed E-state index contributed by atoms with van der Waals surface area (Å²) >= 11 is 0. The van der Waals surface area contributed by atoms with Crippen molar-refractivity contribution in [3.05, 3.63) is 47.4 Å². The predicted molar refractivity (Wildman–Crippen MR) is 74.1 cm³/mol. The topological polar surface area (TPSA) is 104 Å². The lowest BCUT2D eigenvalue weighted by Crippen LogP contribution is -1.95. The maximum Gasteiger partial charge on any atom is 0.227 e. The van der Waals surface area contributed by atoms with Gasteiger partial charge in [0.25, 0.3) is 0 Å². The van der Waals surface area contributed by atoms with E-state index in [1.807, 2.05) is 24.3 Å². The SMILES string of the molecule is Cc1noc(CCc2nc(-c3ccc(CN)cc3)no2)n1. The van der Waals surface area contributed by atoms with Gasteiger partial charge in [0.05, 0.1) is 0 Å². The Bertz CT molecular complexity index is 717. The van der Waals surface area contributed by atoms with Crippen LogP contribution in [0.2, 0.25) is 0 Å². The van der Waals surface area contributed by atoms with E-state index in [9.17, 15) is 0 Å². The van der Waals surface area contributed by atoms with Gasteiger partial charge < -0.3 is 14.8 Å². The fourth-order valence-corrected chi connectivity index (χ4v) is 1.92. The minimum absolute atomic E-state index is 0.515. The van der Waals surface area contributed by atoms with Crippen molar-refractivity contribution in [1.29, 1.82) is 0 Å². The van der Waals surface area contributed by atoms with Gasteiger partial charge in [0.15, 0.2) is 5.82 Å². The van der Waals surface area contributed by atoms with E-state index in [-0.39, 0.29) is 0 Å². The van der Waals surface area contributed by atoms with E-state index < -0.39 is 0 Å². The molecule has 108 valence electrons. The molecule has 0 saturated heterocycles. The lowest BCUT2D eigenvalue weighted by molar-refractivity contribution is 0.352. The molecule has 7 heteroatoms. The highest BCUT2D eigenvalue weighted by atomic mass is 16.5. The van der Waals surface area contributed by atoms with Gasteiger partial charge in [-0.2, -0.15) is 9.97 Å². The van der Waals surface area contributed by atoms with Crippen LogP contribution in [0.15, 0.2) is 33.3 Å². The molecule has 1 aromatic carbocycles. The summed E-state index contributed by atoms with van der Waals surface area (Å²) in [6, 6.07) is 7.76. The van der Waals surface area contributed by atoms with E-state index in [2.05, 4.69) is 20.3 Å². The van der Waals surface area contributed by atoms with Crippen molar-refractivity contribution in [2.24, 2.45) is 5.73 Å². The van der Waals surface area contributed by atoms with Crippen LogP contribution in [0, 0.1) is 6.92 Å². The molecule has 3 rings (SSSR count). The lowest BCUT2D eigenvalue weighted by atomic mass is 10.1. The molecule has 0 saturated carbocycles. The van der Waals surface area contributed by atoms with Gasteiger partial charge in [0, 0.05) is 24.9 Å². The summed E-state index contributed by atoms with van der Waals surface area (Å²) in [5.41, 5.74) is 7.53. The maximum atomic E-state index is 5.57. The summed E-state index contributed by atoms with van der Waals surface area (Å²) in [6.45, 7) is 2.30. The first kappa shape index (κ1) is 13.4. The maximum absolute atomic E-state index is 5.57. The zero-order valence-corrected chi connectivity index (χ0v) is 11.6. The number of nitrogens with two attached hydrogens (primary N) is 1. The molecule has 21 heavy (non-hydrogen) atoms. The molecule has 0 aliphatic rings. The van der Waals surface area contributed by atoms with E-state index >= 15 is 0 Å². The molecule has 0 radical (unpaired) electrons. The summed E-state index contributed by atoms with van der Waals surface area (Å²) in [5.74, 6) is 2.30. The van der Waals surface area contributed by atoms with E-state index in [0.717, 1.165) is 11.1 Å². The Hall–Kier alpha value is -2.54. The quantitative estimate of drug-likeness (QED) is 0.760. The molecule has 7 nitrogen and oxygen atoms in total. The second kappa shape index (κ2) is 5.84. The third-order valence-corrected chi connectivity index (χ3v) is 3.04. The predicted octanol–water partition coefficient (Wildman–Crippen LogP) is 1.67. The van der Waals surface area contributed by atoms with Gasteiger partial charge in [-0.15, -0.1) is 0 Å². The molecule has 2 heterocycles. The van der Waals surface area contributed by atoms with Gasteiger partial charge in [-0.25, -0.2) is 0 Å². The van der Waals surface area contributed by atoms with Crippen LogP contribution in [-0.2, 0) is 19.4 Å². The summed E-state index contributed by atoms with van der Waals surface area (Å²) in [6.07, 6.45) is 1.14. The highest BCUT2D eigenvalue weighted by Crippen LogP contribution is 2.17. The fraction of sp³-hybridized carbons (Fsp3) is 0.286. The first-order valence-corrected chi connectivity index (χ1v) is 6.66. The molecule has 0 unspecified atom stereocenters. The number of hydrogen-bond acceptors (Lipinski definition) is 7. The van der Waals surface area contributed by atoms with E-state index in [1.54, 1.807) is 6.92 Å². The Morgan fingerprint density at radius 1 is 0.952 bits per heavy atom. The molecule has 0 atom stereocenters. The number of aryl methyl sites for hydroxylation is 3. The van der Waals surface area contributed by atoms with Gasteiger partial charge in [-0.3, -0.25) is 0 Å². The Kier molecular flexibility index (Phi) is 3.74. The van der Waals surface area contributed by atoms with Crippen molar-refractivity contribution in [2.75, 3.05) is 0 Å². The molecule has 0 amide bonds. The highest BCUT2D eigenvalue weighted by molar-refractivity contribution is 5.54. The second-order valence-corrected chi connectivity index (χ2v) is 4.65. The number of nitrogens with zero attached hydrogens (tertiary/aromatic N) is 4. The Balaban J connectivity index is 1.67. The van der Waals surface area contributed by atoms with Crippen molar-refractivity contribution in [1.82, 2.24) is 20.3 Å². The van der Waals surface area contributed by atoms with Crippen LogP contribution >= 0.6 is 0 Å². The fourth-order valence-electron chi connectivity index (χ4n) is 1.92. The minimum atomic E-state index is 0.515. The summed E-state index contributed by atoms with van der Waals surface area (Å²) in [5, 5.41) is 7.71. The molecule has 0 fully saturated rings. The van der Waals surface area contributed by atoms with Gasteiger partial charge in [0.1, 0.15) is 0 Å². The molecule has 3 aromatic rings. The molecule has 0 aliphatic carbocycles. The zero-order valence-electron chi connectivity index (χ0n) is 11.6. The second-order valence-electron chi connectivity index (χ2n) is 4.65. The molecular weight excluding hydrogens is 270 g/mol. The van der Waals surface area contributed by atoms with Gasteiger partial charge in [-0.05, 0) is 12.5 Å². The Morgan fingerprint density at radius 2 is 1.62 bits per heavy atom. The van der Waals surface area contributed by atoms with Crippen LogP contribution in [0.5, 0.6) is 0 Å². The van der Waals surface area contributed by atoms with Crippen LogP contribution in [0.3, 0.4) is 0 Å². The average Bonchev–Trinajstić information content (AvgIpc) is 3.14. The highest BCUT2D eigenvalue weighted by Gasteiger charge is 2.10. The first-order chi connectivity index (χ1) is 10.2. The smallest absolute Gasteiger partial charge is 0.227 e. The summed E-state index contributed by atoms with van der Waals surface area (Å²) in [7, 11) is 0. The van der Waals surface area contributed by atoms with Crippen LogP contribution in [-0.4, -0.2) is 20.3 Å². The lowest BCUT2D eigenvalue weighted by Gasteiger charge is -1.97. The first-order valence-electron chi connectivity index (χ1n) is 6.66. The molecular formula is C14H15N5O2. The van der Waals surface area contributed by atoms with Gasteiger partial charge in [-0.1, -0.05) is 34.6 Å². The van der Waals surface area contributed by atoms with E-state index in [0.29, 0.717) is 42.8 Å². The standard InChI is InChI=1S/C14H15N5O2/c1-9-16-12(20-18-9)6-7-13-17-14(19-21-13)11-4-2-10(8-15)3-5-11/h2-5H,6-8,15H2,1H3. The van der Waals surface area contributed by atoms with Crippen molar-refractivity contribution in [2.45, 2.75) is 26.3 Å². The molecule has 0 spiro atoms. The minimum Gasteiger partial charge on any atom is -0.339 e. The Labute approximate surface area is 121 Å². The van der Waals surface area contributed by atoms with Gasteiger partial charge >= 0.3 is 0 Å². The van der Waals surface area contributed by atoms with Crippen LogP contribution < -0.4 is 5.73 Å². The van der Waals surface area contributed by atoms with Crippen molar-refractivity contribution < 1.29 is 9.05 Å². The van der Waals surface area contributed by atoms with Crippen molar-refractivity contribution in [3.63, 3.8) is 0 Å². The largest absolute Gasteiger partial charge is 0.339 e. The zero-order chi connectivity index (χ0) is 14.7. The number of aromatic nitrogens is 4. The third kappa shape index (κ3) is 3.14. The van der Waals surface area contributed by atoms with E-state index in [4.69, 9.17) is 14.8 Å². The van der Waals surface area contributed by atoms with Gasteiger partial charge in [0.2, 0.25) is 17.6 Å². The third-order valence-electron chi connectivity index (χ3n) is 3.04. The van der Waals surface area contributed by atoms with Crippen molar-refractivity contribution >= 4 is 0 Å². The van der Waals surface area contributed by atoms with Crippen molar-refractivity contribution in [3.8, 4) is 11.4 Å². The Morgan fingerprint density at radius 3 is 2.24 bits per heavy atom. The van der Waals surface area contributed by atoms with E-state index in [1.165, 1.54) is 0 Å². The normalized spacial score (nSPS) is 11.0. The average molecular weight is 285 g/mol. The summed E-state index contributed by atoms with van der Waals surface area (Å²) < 4.78 is 10.3. The molecule has 2 aromatic heterocycles. The number of benzene rings is 1. The molecule has 0 bridgehead atoms. The summed E-state index contributed by atoms with van der Waals surface area (Å²) in [4.78, 5) is 8.49. The molecule has 0 aliphatic heterocycles. The number of rotatable bonds is 5.